The third-order valence-corrected chi connectivity index (χ3v) is 11.1. The zero-order valence-corrected chi connectivity index (χ0v) is 21.2. The first-order valence-corrected chi connectivity index (χ1v) is 13.4. The third kappa shape index (κ3) is 3.45. The van der Waals surface area contributed by atoms with E-state index in [1.54, 1.807) is 0 Å². The van der Waals surface area contributed by atoms with Crippen molar-refractivity contribution in [2.75, 3.05) is 0 Å². The highest BCUT2D eigenvalue weighted by Gasteiger charge is 2.59. The average Bonchev–Trinajstić information content (AvgIpc) is 3.02. The van der Waals surface area contributed by atoms with Gasteiger partial charge in [0.05, 0.1) is 6.10 Å². The van der Waals surface area contributed by atoms with Crippen molar-refractivity contribution in [2.45, 2.75) is 125 Å². The molecule has 1 N–H and O–H groups in total. The summed E-state index contributed by atoms with van der Waals surface area (Å²) in [6.45, 7) is 17.3. The van der Waals surface area contributed by atoms with E-state index >= 15 is 0 Å². The van der Waals surface area contributed by atoms with E-state index in [9.17, 15) is 5.11 Å². The molecule has 0 aromatic carbocycles. The molecule has 0 unspecified atom stereocenters. The zero-order chi connectivity index (χ0) is 21.9. The first kappa shape index (κ1) is 22.9. The molecular weight excluding hydrogens is 364 g/mol. The predicted molar refractivity (Wildman–Crippen MR) is 128 cm³/mol. The van der Waals surface area contributed by atoms with E-state index in [4.69, 9.17) is 0 Å². The summed E-state index contributed by atoms with van der Waals surface area (Å²) in [6, 6.07) is 0. The Morgan fingerprint density at radius 3 is 2.33 bits per heavy atom. The summed E-state index contributed by atoms with van der Waals surface area (Å²) in [4.78, 5) is 0. The fraction of sp³-hybridized carbons (Fsp3) is 0.931. The van der Waals surface area contributed by atoms with E-state index in [0.717, 1.165) is 30.1 Å². The van der Waals surface area contributed by atoms with Crippen molar-refractivity contribution in [1.29, 1.82) is 0 Å². The topological polar surface area (TPSA) is 20.2 Å². The molecule has 0 saturated heterocycles. The smallest absolute Gasteiger partial charge is 0.0594 e. The van der Waals surface area contributed by atoms with Gasteiger partial charge >= 0.3 is 0 Å². The Hall–Kier alpha value is -0.300. The second kappa shape index (κ2) is 7.93. The summed E-state index contributed by atoms with van der Waals surface area (Å²) >= 11 is 0. The largest absolute Gasteiger partial charge is 0.393 e. The lowest BCUT2D eigenvalue weighted by Gasteiger charge is -2.60. The van der Waals surface area contributed by atoms with Crippen LogP contribution < -0.4 is 0 Å². The number of allylic oxidation sites excluding steroid dienone is 2. The maximum atomic E-state index is 10.8. The van der Waals surface area contributed by atoms with E-state index in [1.165, 1.54) is 64.2 Å². The van der Waals surface area contributed by atoms with E-state index in [2.05, 4.69) is 48.5 Å². The first-order chi connectivity index (χ1) is 14.0. The fourth-order valence-electron chi connectivity index (χ4n) is 9.31. The molecule has 0 aromatic rings. The Labute approximate surface area is 187 Å². The fourth-order valence-corrected chi connectivity index (χ4v) is 9.31. The predicted octanol–water partition coefficient (Wildman–Crippen LogP) is 8.17. The molecule has 2 fully saturated rings. The summed E-state index contributed by atoms with van der Waals surface area (Å²) in [5.41, 5.74) is 4.73. The van der Waals surface area contributed by atoms with Crippen LogP contribution in [0.1, 0.15) is 119 Å². The highest BCUT2D eigenvalue weighted by molar-refractivity contribution is 5.35. The molecule has 0 amide bonds. The Morgan fingerprint density at radius 2 is 1.63 bits per heavy atom. The van der Waals surface area contributed by atoms with Crippen molar-refractivity contribution in [3.8, 4) is 0 Å². The van der Waals surface area contributed by atoms with Gasteiger partial charge in [0.15, 0.2) is 0 Å². The molecule has 0 heterocycles. The number of fused-ring (bicyclic) bond motifs is 4. The maximum Gasteiger partial charge on any atom is 0.0594 e. The zero-order valence-electron chi connectivity index (χ0n) is 21.2. The molecule has 4 rings (SSSR count). The SMILES string of the molecule is CC(C)CCC[C@@H](C)[C@H]1CC[C@@H]2C3=C(CC[C@@]21C)[C@@]1(C)CC[C@H](O)C(C)(C)[C@@H]1CC3. The lowest BCUT2D eigenvalue weighted by atomic mass is 9.46. The summed E-state index contributed by atoms with van der Waals surface area (Å²) in [7, 11) is 0. The molecule has 1 nitrogen and oxygen atoms in total. The second-order valence-electron chi connectivity index (χ2n) is 13.4. The lowest BCUT2D eigenvalue weighted by molar-refractivity contribution is -0.0931. The standard InChI is InChI=1S/C29H50O/c1-19(2)9-8-10-20(3)22-12-13-23-21-11-14-25-27(4,5)26(30)16-18-29(25,7)24(21)15-17-28(22,23)6/h19-20,22-23,25-26,30H,8-18H2,1-7H3/t20-,22-,23-,25+,26+,28-,29-/m1/s1. The molecule has 0 radical (unpaired) electrons. The van der Waals surface area contributed by atoms with Gasteiger partial charge in [0.25, 0.3) is 0 Å². The van der Waals surface area contributed by atoms with Crippen LogP contribution in [0.3, 0.4) is 0 Å². The second-order valence-corrected chi connectivity index (χ2v) is 13.4. The molecule has 4 aliphatic carbocycles. The van der Waals surface area contributed by atoms with Gasteiger partial charge in [0, 0.05) is 0 Å². The normalized spacial score (nSPS) is 43.9. The Balaban J connectivity index is 1.57. The number of aliphatic hydroxyl groups is 1. The quantitative estimate of drug-likeness (QED) is 0.450. The first-order valence-electron chi connectivity index (χ1n) is 13.4. The molecule has 0 aromatic heterocycles. The van der Waals surface area contributed by atoms with E-state index < -0.39 is 0 Å². The molecule has 7 atom stereocenters. The van der Waals surface area contributed by atoms with Crippen molar-refractivity contribution in [1.82, 2.24) is 0 Å². The number of rotatable bonds is 5. The Kier molecular flexibility index (Phi) is 6.05. The van der Waals surface area contributed by atoms with Gasteiger partial charge in [0.2, 0.25) is 0 Å². The van der Waals surface area contributed by atoms with Crippen molar-refractivity contribution >= 4 is 0 Å². The Bertz CT molecular complexity index is 672. The van der Waals surface area contributed by atoms with Crippen molar-refractivity contribution < 1.29 is 5.11 Å². The van der Waals surface area contributed by atoms with E-state index in [-0.39, 0.29) is 11.5 Å². The van der Waals surface area contributed by atoms with Crippen molar-refractivity contribution in [2.24, 2.45) is 45.8 Å². The number of aliphatic hydroxyl groups excluding tert-OH is 1. The van der Waals surface area contributed by atoms with E-state index in [0.29, 0.717) is 16.7 Å². The van der Waals surface area contributed by atoms with Crippen molar-refractivity contribution in [3.05, 3.63) is 11.1 Å². The van der Waals surface area contributed by atoms with Crippen LogP contribution in [0.25, 0.3) is 0 Å². The van der Waals surface area contributed by atoms with Crippen LogP contribution in [0, 0.1) is 45.8 Å². The van der Waals surface area contributed by atoms with Crippen LogP contribution in [0.2, 0.25) is 0 Å². The summed E-state index contributed by atoms with van der Waals surface area (Å²) < 4.78 is 0. The van der Waals surface area contributed by atoms with Gasteiger partial charge in [-0.1, -0.05) is 78.9 Å². The van der Waals surface area contributed by atoms with Gasteiger partial charge in [-0.2, -0.15) is 0 Å². The van der Waals surface area contributed by atoms with Crippen LogP contribution in [0.5, 0.6) is 0 Å². The number of hydrogen-bond donors (Lipinski definition) is 1. The molecule has 30 heavy (non-hydrogen) atoms. The van der Waals surface area contributed by atoms with Gasteiger partial charge in [-0.3, -0.25) is 0 Å². The van der Waals surface area contributed by atoms with Crippen LogP contribution in [0.15, 0.2) is 11.1 Å². The van der Waals surface area contributed by atoms with Crippen molar-refractivity contribution in [3.63, 3.8) is 0 Å². The van der Waals surface area contributed by atoms with Crippen LogP contribution >= 0.6 is 0 Å². The van der Waals surface area contributed by atoms with Gasteiger partial charge in [-0.25, -0.2) is 0 Å². The summed E-state index contributed by atoms with van der Waals surface area (Å²) in [5.74, 6) is 4.17. The van der Waals surface area contributed by atoms with Gasteiger partial charge in [-0.05, 0) is 97.2 Å². The van der Waals surface area contributed by atoms with Crippen LogP contribution in [0.4, 0.5) is 0 Å². The molecular formula is C29H50O. The van der Waals surface area contributed by atoms with E-state index in [1.807, 2.05) is 11.1 Å². The third-order valence-electron chi connectivity index (χ3n) is 11.1. The molecule has 0 aliphatic heterocycles. The van der Waals surface area contributed by atoms with Gasteiger partial charge < -0.3 is 5.11 Å². The summed E-state index contributed by atoms with van der Waals surface area (Å²) in [5, 5.41) is 10.8. The van der Waals surface area contributed by atoms with Gasteiger partial charge in [0.1, 0.15) is 0 Å². The van der Waals surface area contributed by atoms with Crippen LogP contribution in [-0.4, -0.2) is 11.2 Å². The molecule has 172 valence electrons. The highest BCUT2D eigenvalue weighted by Crippen LogP contribution is 2.68. The Morgan fingerprint density at radius 1 is 0.900 bits per heavy atom. The minimum atomic E-state index is -0.117. The summed E-state index contributed by atoms with van der Waals surface area (Å²) in [6.07, 6.45) is 14.6. The average molecular weight is 415 g/mol. The molecule has 0 bridgehead atoms. The highest BCUT2D eigenvalue weighted by atomic mass is 16.3. The van der Waals surface area contributed by atoms with Gasteiger partial charge in [-0.15, -0.1) is 0 Å². The minimum absolute atomic E-state index is 0.0649. The molecule has 1 heteroatoms. The molecule has 4 aliphatic rings. The monoisotopic (exact) mass is 414 g/mol. The lowest BCUT2D eigenvalue weighted by Crippen LogP contribution is -2.53. The van der Waals surface area contributed by atoms with Crippen LogP contribution in [-0.2, 0) is 0 Å². The number of hydrogen-bond acceptors (Lipinski definition) is 1. The molecule has 0 spiro atoms. The molecule has 2 saturated carbocycles. The maximum absolute atomic E-state index is 10.8. The minimum Gasteiger partial charge on any atom is -0.393 e.